The quantitative estimate of drug-likeness (QED) is 0.251. The number of Topliss-reactive ketones (excluding diaryl/α,β-unsaturated/α-hetero) is 1. The minimum Gasteiger partial charge on any atom is -0.481 e. The van der Waals surface area contributed by atoms with Gasteiger partial charge in [0, 0.05) is 32.6 Å². The maximum absolute atomic E-state index is 13.8. The van der Waals surface area contributed by atoms with Crippen LogP contribution in [-0.2, 0) is 26.2 Å². The van der Waals surface area contributed by atoms with Gasteiger partial charge < -0.3 is 20.1 Å². The highest BCUT2D eigenvalue weighted by Gasteiger charge is 2.41. The number of alkyl halides is 3. The molecule has 1 aliphatic rings. The van der Waals surface area contributed by atoms with Gasteiger partial charge in [0.05, 0.1) is 21.4 Å². The summed E-state index contributed by atoms with van der Waals surface area (Å²) in [6.07, 6.45) is -5.18. The number of ether oxygens (including phenoxy) is 1. The Balaban J connectivity index is 1.60. The van der Waals surface area contributed by atoms with E-state index in [0.29, 0.717) is 16.7 Å². The van der Waals surface area contributed by atoms with E-state index >= 15 is 0 Å². The smallest absolute Gasteiger partial charge is 0.481 e. The number of amides is 1. The Morgan fingerprint density at radius 2 is 1.70 bits per heavy atom. The fourth-order valence-electron chi connectivity index (χ4n) is 4.95. The fraction of sp³-hybridized carbons (Fsp3) is 0.419. The number of hydrogen-bond donors (Lipinski definition) is 2. The molecule has 1 fully saturated rings. The number of halogens is 3. The Labute approximate surface area is 274 Å². The van der Waals surface area contributed by atoms with Crippen LogP contribution in [0.15, 0.2) is 53.4 Å². The van der Waals surface area contributed by atoms with Crippen LogP contribution in [0.4, 0.5) is 18.3 Å². The molecular weight excluding hydrogens is 661 g/mol. The molecular formula is C31H35F3N4O7S2. The van der Waals surface area contributed by atoms with E-state index < -0.39 is 51.8 Å². The third kappa shape index (κ3) is 8.87. The van der Waals surface area contributed by atoms with E-state index in [1.807, 2.05) is 24.3 Å². The number of aliphatic carboxylic acids is 1. The molecule has 2 atom stereocenters. The minimum absolute atomic E-state index is 0.0844. The Bertz CT molecular complexity index is 1710. The summed E-state index contributed by atoms with van der Waals surface area (Å²) in [6, 6.07) is 10.1. The number of carbonyl (C=O) groups is 3. The zero-order valence-electron chi connectivity index (χ0n) is 26.1. The summed E-state index contributed by atoms with van der Waals surface area (Å²) >= 11 is 1.03. The van der Waals surface area contributed by atoms with Gasteiger partial charge in [-0.05, 0) is 48.2 Å². The zero-order valence-corrected chi connectivity index (χ0v) is 27.7. The van der Waals surface area contributed by atoms with Gasteiger partial charge in [0.25, 0.3) is 0 Å². The highest BCUT2D eigenvalue weighted by Crippen LogP contribution is 2.32. The van der Waals surface area contributed by atoms with Crippen LogP contribution in [0.25, 0.3) is 0 Å². The minimum atomic E-state index is -4.96. The molecule has 2 N–H and O–H groups in total. The molecule has 1 aliphatic heterocycles. The van der Waals surface area contributed by atoms with Crippen molar-refractivity contribution in [1.29, 1.82) is 0 Å². The van der Waals surface area contributed by atoms with Crippen molar-refractivity contribution in [2.45, 2.75) is 63.9 Å². The van der Waals surface area contributed by atoms with Crippen molar-refractivity contribution < 1.29 is 45.8 Å². The number of carboxylic acid groups (broad SMARTS) is 1. The van der Waals surface area contributed by atoms with E-state index in [4.69, 9.17) is 0 Å². The van der Waals surface area contributed by atoms with Crippen LogP contribution in [0.3, 0.4) is 0 Å². The van der Waals surface area contributed by atoms with Gasteiger partial charge in [-0.15, -0.1) is 13.2 Å². The van der Waals surface area contributed by atoms with Crippen LogP contribution in [0.2, 0.25) is 0 Å². The molecule has 16 heteroatoms. The van der Waals surface area contributed by atoms with Crippen LogP contribution in [0, 0.1) is 12.8 Å². The van der Waals surface area contributed by atoms with Crippen molar-refractivity contribution >= 4 is 44.2 Å². The third-order valence-corrected chi connectivity index (χ3v) is 10.8. The van der Waals surface area contributed by atoms with E-state index in [1.54, 1.807) is 11.8 Å². The normalized spacial score (nSPS) is 16.6. The summed E-state index contributed by atoms with van der Waals surface area (Å²) in [7, 11) is -4.38. The molecule has 1 amide bonds. The van der Waals surface area contributed by atoms with Crippen LogP contribution in [0.1, 0.15) is 59.6 Å². The molecule has 0 unspecified atom stereocenters. The molecule has 0 radical (unpaired) electrons. The number of ketones is 1. The maximum atomic E-state index is 13.8. The Hall–Kier alpha value is -4.02. The average molecular weight is 697 g/mol. The largest absolute Gasteiger partial charge is 0.573 e. The van der Waals surface area contributed by atoms with Gasteiger partial charge in [-0.1, -0.05) is 56.4 Å². The summed E-state index contributed by atoms with van der Waals surface area (Å²) in [5.74, 6) is -3.29. The number of sulfonamides is 1. The van der Waals surface area contributed by atoms with Crippen molar-refractivity contribution in [3.63, 3.8) is 0 Å². The number of hydrogen-bond acceptors (Lipinski definition) is 9. The van der Waals surface area contributed by atoms with E-state index in [9.17, 15) is 41.1 Å². The number of aromatic nitrogens is 1. The summed E-state index contributed by atoms with van der Waals surface area (Å²) in [5, 5.41) is 12.4. The molecule has 254 valence electrons. The molecule has 0 saturated carbocycles. The first-order valence-electron chi connectivity index (χ1n) is 14.7. The summed E-state index contributed by atoms with van der Waals surface area (Å²) < 4.78 is 70.4. The number of benzene rings is 2. The van der Waals surface area contributed by atoms with Crippen LogP contribution >= 0.6 is 11.3 Å². The van der Waals surface area contributed by atoms with Gasteiger partial charge in [0.15, 0.2) is 10.9 Å². The first-order chi connectivity index (χ1) is 22.0. The number of aryl methyl sites for hydroxylation is 1. The second kappa shape index (κ2) is 14.4. The molecule has 2 heterocycles. The highest BCUT2D eigenvalue weighted by atomic mass is 32.2. The SMILES string of the molecule is Cc1nc(N2CCN(S(=O)(=O)c3ccc(OC(F)(F)F)cc3)[C@@H](C(=O)NCc3ccc(C(C)C)cc3)C2)sc1C(=O)C[C@H](C)C(=O)O. The van der Waals surface area contributed by atoms with Crippen LogP contribution in [0.5, 0.6) is 5.75 Å². The summed E-state index contributed by atoms with van der Waals surface area (Å²) in [6.45, 7) is 7.02. The van der Waals surface area contributed by atoms with Gasteiger partial charge in [0.2, 0.25) is 15.9 Å². The number of nitrogens with zero attached hydrogens (tertiary/aromatic N) is 3. The lowest BCUT2D eigenvalue weighted by Crippen LogP contribution is -2.60. The van der Waals surface area contributed by atoms with E-state index in [0.717, 1.165) is 51.0 Å². The topological polar surface area (TPSA) is 146 Å². The molecule has 0 spiro atoms. The number of piperazine rings is 1. The monoisotopic (exact) mass is 696 g/mol. The fourth-order valence-corrected chi connectivity index (χ4v) is 7.57. The second-order valence-electron chi connectivity index (χ2n) is 11.5. The van der Waals surface area contributed by atoms with E-state index in [1.165, 1.54) is 6.92 Å². The standard InChI is InChI=1S/C31H35F3N4O7S2/c1-18(2)22-7-5-21(6-8-22)16-35-28(40)25-17-37(30-36-20(4)27(46-30)26(39)15-19(3)29(41)42)13-14-38(25)47(43,44)24-11-9-23(10-12-24)45-31(32,33)34/h5-12,18-19,25H,13-17H2,1-4H3,(H,35,40)(H,41,42)/t19-,25+/m0/s1. The van der Waals surface area contributed by atoms with Crippen LogP contribution < -0.4 is 15.0 Å². The van der Waals surface area contributed by atoms with Gasteiger partial charge in [-0.25, -0.2) is 13.4 Å². The lowest BCUT2D eigenvalue weighted by atomic mass is 10.0. The zero-order chi connectivity index (χ0) is 34.7. The number of nitrogens with one attached hydrogen (secondary N) is 1. The van der Waals surface area contributed by atoms with E-state index in [2.05, 4.69) is 28.9 Å². The molecule has 1 saturated heterocycles. The van der Waals surface area contributed by atoms with Crippen molar-refractivity contribution in [3.05, 3.63) is 70.2 Å². The Morgan fingerprint density at radius 1 is 1.06 bits per heavy atom. The maximum Gasteiger partial charge on any atom is 0.573 e. The molecule has 0 aliphatic carbocycles. The molecule has 11 nitrogen and oxygen atoms in total. The molecule has 0 bridgehead atoms. The van der Waals surface area contributed by atoms with E-state index in [-0.39, 0.29) is 42.4 Å². The lowest BCUT2D eigenvalue weighted by molar-refractivity contribution is -0.274. The van der Waals surface area contributed by atoms with Crippen molar-refractivity contribution in [1.82, 2.24) is 14.6 Å². The lowest BCUT2D eigenvalue weighted by Gasteiger charge is -2.39. The van der Waals surface area contributed by atoms with Gasteiger partial charge in [-0.3, -0.25) is 14.4 Å². The first kappa shape index (κ1) is 35.8. The average Bonchev–Trinajstić information content (AvgIpc) is 3.40. The predicted octanol–water partition coefficient (Wildman–Crippen LogP) is 4.96. The first-order valence-corrected chi connectivity index (χ1v) is 16.9. The Kier molecular flexibility index (Phi) is 11.0. The number of carboxylic acids is 1. The number of anilines is 1. The number of thiazole rings is 1. The molecule has 4 rings (SSSR count). The van der Waals surface area contributed by atoms with Crippen molar-refractivity contribution in [3.8, 4) is 5.75 Å². The second-order valence-corrected chi connectivity index (χ2v) is 14.4. The summed E-state index contributed by atoms with van der Waals surface area (Å²) in [4.78, 5) is 43.9. The third-order valence-electron chi connectivity index (χ3n) is 7.63. The summed E-state index contributed by atoms with van der Waals surface area (Å²) in [5.41, 5.74) is 2.29. The van der Waals surface area contributed by atoms with Crippen molar-refractivity contribution in [2.24, 2.45) is 5.92 Å². The molecule has 47 heavy (non-hydrogen) atoms. The highest BCUT2D eigenvalue weighted by molar-refractivity contribution is 7.89. The molecule has 2 aromatic carbocycles. The molecule has 1 aromatic heterocycles. The Morgan fingerprint density at radius 3 is 2.28 bits per heavy atom. The number of carbonyl (C=O) groups excluding carboxylic acids is 2. The predicted molar refractivity (Wildman–Crippen MR) is 168 cm³/mol. The van der Waals surface area contributed by atoms with Crippen molar-refractivity contribution in [2.75, 3.05) is 24.5 Å². The van der Waals surface area contributed by atoms with Gasteiger partial charge in [0.1, 0.15) is 11.8 Å². The van der Waals surface area contributed by atoms with Gasteiger partial charge >= 0.3 is 12.3 Å². The molecule has 3 aromatic rings. The van der Waals surface area contributed by atoms with Crippen LogP contribution in [-0.4, -0.2) is 72.5 Å². The number of rotatable bonds is 12. The van der Waals surface area contributed by atoms with Gasteiger partial charge in [-0.2, -0.15) is 4.31 Å².